The van der Waals surface area contributed by atoms with Crippen LogP contribution in [0.5, 0.6) is 11.5 Å². The summed E-state index contributed by atoms with van der Waals surface area (Å²) in [7, 11) is 1.58. The third-order valence-corrected chi connectivity index (χ3v) is 6.58. The highest BCUT2D eigenvalue weighted by molar-refractivity contribution is 7.99. The van der Waals surface area contributed by atoms with Gasteiger partial charge in [0.15, 0.2) is 5.16 Å². The molecule has 9 heteroatoms. The van der Waals surface area contributed by atoms with Crippen LogP contribution in [0.3, 0.4) is 0 Å². The number of thioether (sulfide) groups is 1. The standard InChI is InChI=1S/C25H21ClN4O3S/c1-16-11-12-22(32-2)20(15-16)29-23(31)17-7-3-5-9-19(17)30-24(29)27-28-25(30)34-14-13-33-21-10-6-4-8-18(21)26/h3-12,15H,13-14H2,1-2H3. The number of aryl methyl sites for hydroxylation is 1. The summed E-state index contributed by atoms with van der Waals surface area (Å²) in [5.41, 5.74) is 2.18. The lowest BCUT2D eigenvalue weighted by atomic mass is 10.2. The van der Waals surface area contributed by atoms with E-state index in [4.69, 9.17) is 21.1 Å². The van der Waals surface area contributed by atoms with Gasteiger partial charge in [0.05, 0.1) is 35.3 Å². The number of hydrogen-bond donors (Lipinski definition) is 0. The molecule has 0 saturated carbocycles. The second-order valence-electron chi connectivity index (χ2n) is 7.58. The highest BCUT2D eigenvalue weighted by Crippen LogP contribution is 2.28. The van der Waals surface area contributed by atoms with Crippen LogP contribution in [0.25, 0.3) is 22.4 Å². The summed E-state index contributed by atoms with van der Waals surface area (Å²) in [4.78, 5) is 13.6. The molecule has 2 aromatic heterocycles. The minimum atomic E-state index is -0.182. The molecule has 0 aliphatic heterocycles. The Morgan fingerprint density at radius 2 is 1.79 bits per heavy atom. The van der Waals surface area contributed by atoms with E-state index < -0.39 is 0 Å². The first-order valence-corrected chi connectivity index (χ1v) is 12.0. The Balaban J connectivity index is 1.58. The van der Waals surface area contributed by atoms with E-state index in [0.29, 0.717) is 50.9 Å². The molecule has 0 atom stereocenters. The molecule has 172 valence electrons. The predicted molar refractivity (Wildman–Crippen MR) is 135 cm³/mol. The number of hydrogen-bond acceptors (Lipinski definition) is 6. The Hall–Kier alpha value is -3.49. The summed E-state index contributed by atoms with van der Waals surface area (Å²) in [5.74, 6) is 2.26. The molecule has 0 fully saturated rings. The number of aromatic nitrogens is 4. The largest absolute Gasteiger partial charge is 0.495 e. The first-order valence-electron chi connectivity index (χ1n) is 10.6. The monoisotopic (exact) mass is 492 g/mol. The Kier molecular flexibility index (Phi) is 6.17. The maximum absolute atomic E-state index is 13.6. The van der Waals surface area contributed by atoms with E-state index in [1.54, 1.807) is 17.7 Å². The fourth-order valence-electron chi connectivity index (χ4n) is 3.81. The third kappa shape index (κ3) is 3.99. The van der Waals surface area contributed by atoms with Gasteiger partial charge in [0.25, 0.3) is 5.56 Å². The number of rotatable bonds is 7. The molecule has 0 saturated heterocycles. The van der Waals surface area contributed by atoms with Gasteiger partial charge >= 0.3 is 0 Å². The van der Waals surface area contributed by atoms with E-state index >= 15 is 0 Å². The summed E-state index contributed by atoms with van der Waals surface area (Å²) in [5, 5.41) is 10.6. The zero-order valence-corrected chi connectivity index (χ0v) is 20.1. The molecular formula is C25H21ClN4O3S. The van der Waals surface area contributed by atoms with Gasteiger partial charge in [-0.2, -0.15) is 0 Å². The number of nitrogens with zero attached hydrogens (tertiary/aromatic N) is 4. The van der Waals surface area contributed by atoms with Crippen molar-refractivity contribution >= 4 is 40.0 Å². The average molecular weight is 493 g/mol. The summed E-state index contributed by atoms with van der Waals surface area (Å²) in [6.07, 6.45) is 0. The number of para-hydroxylation sites is 2. The smallest absolute Gasteiger partial charge is 0.267 e. The summed E-state index contributed by atoms with van der Waals surface area (Å²) in [6, 6.07) is 20.5. The first kappa shape index (κ1) is 22.3. The van der Waals surface area contributed by atoms with Crippen molar-refractivity contribution in [1.29, 1.82) is 0 Å². The van der Waals surface area contributed by atoms with Gasteiger partial charge in [0.2, 0.25) is 5.78 Å². The number of methoxy groups -OCH3 is 1. The first-order chi connectivity index (χ1) is 16.6. The molecule has 0 aliphatic carbocycles. The van der Waals surface area contributed by atoms with Gasteiger partial charge in [-0.3, -0.25) is 9.20 Å². The van der Waals surface area contributed by atoms with Gasteiger partial charge in [-0.25, -0.2) is 4.57 Å². The van der Waals surface area contributed by atoms with Crippen molar-refractivity contribution in [2.24, 2.45) is 0 Å². The van der Waals surface area contributed by atoms with Crippen molar-refractivity contribution in [3.63, 3.8) is 0 Å². The fourth-order valence-corrected chi connectivity index (χ4v) is 4.76. The second-order valence-corrected chi connectivity index (χ2v) is 9.05. The molecule has 0 N–H and O–H groups in total. The Labute approximate surface area is 204 Å². The van der Waals surface area contributed by atoms with Crippen LogP contribution >= 0.6 is 23.4 Å². The van der Waals surface area contributed by atoms with E-state index in [2.05, 4.69) is 10.2 Å². The molecular weight excluding hydrogens is 472 g/mol. The second kappa shape index (κ2) is 9.40. The number of benzene rings is 3. The van der Waals surface area contributed by atoms with Crippen LogP contribution in [0.2, 0.25) is 5.02 Å². The topological polar surface area (TPSA) is 70.7 Å². The molecule has 2 heterocycles. The van der Waals surface area contributed by atoms with E-state index in [9.17, 15) is 4.79 Å². The SMILES string of the molecule is COc1ccc(C)cc1-n1c(=O)c2ccccc2n2c(SCCOc3ccccc3Cl)nnc12. The molecule has 0 amide bonds. The van der Waals surface area contributed by atoms with Crippen LogP contribution in [0.4, 0.5) is 0 Å². The van der Waals surface area contributed by atoms with Crippen LogP contribution in [0.15, 0.2) is 76.7 Å². The molecule has 0 unspecified atom stereocenters. The van der Waals surface area contributed by atoms with Gasteiger partial charge in [-0.05, 0) is 48.9 Å². The van der Waals surface area contributed by atoms with Gasteiger partial charge in [0.1, 0.15) is 11.5 Å². The molecule has 5 aromatic rings. The molecule has 5 rings (SSSR count). The molecule has 0 radical (unpaired) electrons. The van der Waals surface area contributed by atoms with Crippen molar-refractivity contribution in [2.45, 2.75) is 12.1 Å². The van der Waals surface area contributed by atoms with E-state index in [0.717, 1.165) is 11.1 Å². The summed E-state index contributed by atoms with van der Waals surface area (Å²) in [6.45, 7) is 2.41. The highest BCUT2D eigenvalue weighted by atomic mass is 35.5. The van der Waals surface area contributed by atoms with E-state index in [1.165, 1.54) is 11.8 Å². The number of halogens is 1. The lowest BCUT2D eigenvalue weighted by Crippen LogP contribution is -2.22. The zero-order chi connectivity index (χ0) is 23.7. The van der Waals surface area contributed by atoms with Crippen molar-refractivity contribution in [2.75, 3.05) is 19.5 Å². The van der Waals surface area contributed by atoms with Crippen LogP contribution in [0.1, 0.15) is 5.56 Å². The van der Waals surface area contributed by atoms with Crippen molar-refractivity contribution in [3.8, 4) is 17.2 Å². The fraction of sp³-hybridized carbons (Fsp3) is 0.160. The maximum Gasteiger partial charge on any atom is 0.267 e. The minimum absolute atomic E-state index is 0.182. The van der Waals surface area contributed by atoms with E-state index in [-0.39, 0.29) is 5.56 Å². The third-order valence-electron chi connectivity index (χ3n) is 5.38. The number of ether oxygens (including phenoxy) is 2. The Morgan fingerprint density at radius 1 is 1.00 bits per heavy atom. The van der Waals surface area contributed by atoms with Crippen LogP contribution < -0.4 is 15.0 Å². The Bertz CT molecular complexity index is 1560. The quantitative estimate of drug-likeness (QED) is 0.230. The van der Waals surface area contributed by atoms with Crippen molar-refractivity contribution < 1.29 is 9.47 Å². The lowest BCUT2D eigenvalue weighted by Gasteiger charge is -2.14. The summed E-state index contributed by atoms with van der Waals surface area (Å²) < 4.78 is 14.8. The normalized spacial score (nSPS) is 11.3. The Morgan fingerprint density at radius 3 is 2.62 bits per heavy atom. The van der Waals surface area contributed by atoms with Gasteiger partial charge in [-0.1, -0.05) is 53.7 Å². The van der Waals surface area contributed by atoms with Crippen molar-refractivity contribution in [1.82, 2.24) is 19.2 Å². The molecule has 34 heavy (non-hydrogen) atoms. The molecule has 3 aromatic carbocycles. The molecule has 0 aliphatic rings. The minimum Gasteiger partial charge on any atom is -0.495 e. The van der Waals surface area contributed by atoms with Gasteiger partial charge in [0, 0.05) is 5.75 Å². The number of fused-ring (bicyclic) bond motifs is 3. The molecule has 0 bridgehead atoms. The summed E-state index contributed by atoms with van der Waals surface area (Å²) >= 11 is 7.67. The van der Waals surface area contributed by atoms with Crippen LogP contribution in [-0.2, 0) is 0 Å². The van der Waals surface area contributed by atoms with Crippen LogP contribution in [0, 0.1) is 6.92 Å². The van der Waals surface area contributed by atoms with E-state index in [1.807, 2.05) is 72.0 Å². The van der Waals surface area contributed by atoms with Gasteiger partial charge < -0.3 is 9.47 Å². The highest BCUT2D eigenvalue weighted by Gasteiger charge is 2.20. The zero-order valence-electron chi connectivity index (χ0n) is 18.6. The average Bonchev–Trinajstić information content (AvgIpc) is 3.27. The molecule has 0 spiro atoms. The van der Waals surface area contributed by atoms with Crippen LogP contribution in [-0.4, -0.2) is 38.6 Å². The predicted octanol–water partition coefficient (Wildman–Crippen LogP) is 5.17. The lowest BCUT2D eigenvalue weighted by molar-refractivity contribution is 0.344. The van der Waals surface area contributed by atoms with Gasteiger partial charge in [-0.15, -0.1) is 10.2 Å². The maximum atomic E-state index is 13.6. The molecule has 7 nitrogen and oxygen atoms in total. The van der Waals surface area contributed by atoms with Crippen molar-refractivity contribution in [3.05, 3.63) is 87.7 Å².